The molecule has 0 radical (unpaired) electrons. The van der Waals surface area contributed by atoms with Gasteiger partial charge < -0.3 is 15.5 Å². The van der Waals surface area contributed by atoms with E-state index in [9.17, 15) is 9.59 Å². The highest BCUT2D eigenvalue weighted by molar-refractivity contribution is 5.96. The molecule has 23 heavy (non-hydrogen) atoms. The van der Waals surface area contributed by atoms with Crippen LogP contribution in [0.2, 0.25) is 0 Å². The molecule has 0 aliphatic carbocycles. The van der Waals surface area contributed by atoms with Crippen molar-refractivity contribution in [2.45, 2.75) is 39.5 Å². The van der Waals surface area contributed by atoms with E-state index in [1.54, 1.807) is 0 Å². The van der Waals surface area contributed by atoms with Gasteiger partial charge in [0.15, 0.2) is 0 Å². The Bertz CT molecular complexity index is 539. The molecule has 1 aromatic rings. The van der Waals surface area contributed by atoms with Gasteiger partial charge in [0, 0.05) is 19.0 Å². The van der Waals surface area contributed by atoms with Gasteiger partial charge in [-0.05, 0) is 25.0 Å². The first-order valence-corrected chi connectivity index (χ1v) is 8.57. The Hall–Kier alpha value is -2.04. The van der Waals surface area contributed by atoms with Crippen molar-refractivity contribution in [1.29, 1.82) is 0 Å². The third-order valence-corrected chi connectivity index (χ3v) is 4.19. The lowest BCUT2D eigenvalue weighted by Gasteiger charge is -2.30. The van der Waals surface area contributed by atoms with Crippen molar-refractivity contribution in [2.24, 2.45) is 5.92 Å². The first-order valence-electron chi connectivity index (χ1n) is 8.57. The van der Waals surface area contributed by atoms with Gasteiger partial charge in [0.05, 0.1) is 17.9 Å². The molecule has 0 atom stereocenters. The summed E-state index contributed by atoms with van der Waals surface area (Å²) in [5.74, 6) is 0.164. The fourth-order valence-corrected chi connectivity index (χ4v) is 3.04. The molecule has 0 bridgehead atoms. The van der Waals surface area contributed by atoms with E-state index in [2.05, 4.69) is 24.5 Å². The van der Waals surface area contributed by atoms with E-state index in [-0.39, 0.29) is 17.7 Å². The topological polar surface area (TPSA) is 61.4 Å². The van der Waals surface area contributed by atoms with Crippen LogP contribution in [0.25, 0.3) is 0 Å². The third kappa shape index (κ3) is 4.71. The van der Waals surface area contributed by atoms with Gasteiger partial charge in [0.1, 0.15) is 0 Å². The van der Waals surface area contributed by atoms with Crippen molar-refractivity contribution in [1.82, 2.24) is 5.32 Å². The van der Waals surface area contributed by atoms with Gasteiger partial charge in [-0.15, -0.1) is 0 Å². The van der Waals surface area contributed by atoms with E-state index in [1.807, 2.05) is 29.2 Å². The molecule has 0 unspecified atom stereocenters. The first-order chi connectivity index (χ1) is 11.2. The minimum atomic E-state index is 0.0206. The standard InChI is InChI=1S/C18H27N3O2/c1-3-7-14(8-4-2)18(23)20-15-9-5-6-10-16(15)21-12-11-19-17(22)13-21/h5-6,9-10,14H,3-4,7-8,11-13H2,1-2H3,(H,19,22)(H,20,23). The van der Waals surface area contributed by atoms with Crippen LogP contribution in [0.5, 0.6) is 0 Å². The number of rotatable bonds is 7. The molecule has 0 saturated carbocycles. The molecule has 1 heterocycles. The van der Waals surface area contributed by atoms with Crippen molar-refractivity contribution < 1.29 is 9.59 Å². The number of hydrogen-bond acceptors (Lipinski definition) is 3. The molecule has 1 aliphatic heterocycles. The van der Waals surface area contributed by atoms with E-state index >= 15 is 0 Å². The molecule has 0 spiro atoms. The summed E-state index contributed by atoms with van der Waals surface area (Å²) in [7, 11) is 0. The number of hydrogen-bond donors (Lipinski definition) is 2. The van der Waals surface area contributed by atoms with E-state index in [0.717, 1.165) is 43.6 Å². The lowest BCUT2D eigenvalue weighted by atomic mass is 9.97. The van der Waals surface area contributed by atoms with Gasteiger partial charge in [-0.25, -0.2) is 0 Å². The van der Waals surface area contributed by atoms with Crippen LogP contribution in [0.15, 0.2) is 24.3 Å². The van der Waals surface area contributed by atoms with E-state index in [1.165, 1.54) is 0 Å². The van der Waals surface area contributed by atoms with Crippen LogP contribution in [0.1, 0.15) is 39.5 Å². The Morgan fingerprint density at radius 1 is 1.26 bits per heavy atom. The zero-order valence-electron chi connectivity index (χ0n) is 14.1. The zero-order valence-corrected chi connectivity index (χ0v) is 14.1. The molecule has 2 rings (SSSR count). The summed E-state index contributed by atoms with van der Waals surface area (Å²) in [6.45, 7) is 5.94. The van der Waals surface area contributed by atoms with Crippen LogP contribution < -0.4 is 15.5 Å². The lowest BCUT2D eigenvalue weighted by Crippen LogP contribution is -2.48. The van der Waals surface area contributed by atoms with Crippen molar-refractivity contribution in [3.8, 4) is 0 Å². The fraction of sp³-hybridized carbons (Fsp3) is 0.556. The molecule has 2 amide bonds. The minimum Gasteiger partial charge on any atom is -0.359 e. The predicted molar refractivity (Wildman–Crippen MR) is 93.6 cm³/mol. The SMILES string of the molecule is CCCC(CCC)C(=O)Nc1ccccc1N1CCNC(=O)C1. The van der Waals surface area contributed by atoms with Crippen molar-refractivity contribution in [3.63, 3.8) is 0 Å². The van der Waals surface area contributed by atoms with Crippen LogP contribution in [0, 0.1) is 5.92 Å². The molecule has 126 valence electrons. The maximum Gasteiger partial charge on any atom is 0.239 e. The fourth-order valence-electron chi connectivity index (χ4n) is 3.04. The number of piperazine rings is 1. The highest BCUT2D eigenvalue weighted by Crippen LogP contribution is 2.27. The first kappa shape index (κ1) is 17.3. The maximum absolute atomic E-state index is 12.6. The largest absolute Gasteiger partial charge is 0.359 e. The Morgan fingerprint density at radius 2 is 1.96 bits per heavy atom. The van der Waals surface area contributed by atoms with E-state index in [4.69, 9.17) is 0 Å². The van der Waals surface area contributed by atoms with Crippen LogP contribution in [-0.2, 0) is 9.59 Å². The van der Waals surface area contributed by atoms with E-state index in [0.29, 0.717) is 13.1 Å². The number of para-hydroxylation sites is 2. The summed E-state index contributed by atoms with van der Waals surface area (Å²) in [6.07, 6.45) is 3.83. The van der Waals surface area contributed by atoms with Crippen molar-refractivity contribution in [3.05, 3.63) is 24.3 Å². The van der Waals surface area contributed by atoms with Gasteiger partial charge in [0.2, 0.25) is 11.8 Å². The molecule has 1 aliphatic rings. The van der Waals surface area contributed by atoms with Gasteiger partial charge in [-0.2, -0.15) is 0 Å². The summed E-state index contributed by atoms with van der Waals surface area (Å²) in [5, 5.41) is 5.91. The summed E-state index contributed by atoms with van der Waals surface area (Å²) in [5.41, 5.74) is 1.71. The van der Waals surface area contributed by atoms with Crippen LogP contribution in [0.3, 0.4) is 0 Å². The number of carbonyl (C=O) groups excluding carboxylic acids is 2. The van der Waals surface area contributed by atoms with Gasteiger partial charge in [-0.3, -0.25) is 9.59 Å². The summed E-state index contributed by atoms with van der Waals surface area (Å²) in [4.78, 5) is 26.2. The second-order valence-corrected chi connectivity index (χ2v) is 6.05. The number of amides is 2. The molecule has 0 aromatic heterocycles. The molecule has 1 saturated heterocycles. The molecule has 5 heteroatoms. The molecular formula is C18H27N3O2. The summed E-state index contributed by atoms with van der Waals surface area (Å²) < 4.78 is 0. The Balaban J connectivity index is 2.13. The maximum atomic E-state index is 12.6. The molecule has 1 aromatic carbocycles. The number of nitrogens with zero attached hydrogens (tertiary/aromatic N) is 1. The third-order valence-electron chi connectivity index (χ3n) is 4.19. The quantitative estimate of drug-likeness (QED) is 0.813. The highest BCUT2D eigenvalue weighted by atomic mass is 16.2. The lowest BCUT2D eigenvalue weighted by molar-refractivity contribution is -0.121. The van der Waals surface area contributed by atoms with Gasteiger partial charge >= 0.3 is 0 Å². The van der Waals surface area contributed by atoms with E-state index < -0.39 is 0 Å². The molecule has 1 fully saturated rings. The second kappa shape index (κ2) is 8.56. The monoisotopic (exact) mass is 317 g/mol. The second-order valence-electron chi connectivity index (χ2n) is 6.05. The van der Waals surface area contributed by atoms with Crippen LogP contribution in [0.4, 0.5) is 11.4 Å². The summed E-state index contributed by atoms with van der Waals surface area (Å²) in [6, 6.07) is 7.72. The Morgan fingerprint density at radius 3 is 2.61 bits per heavy atom. The number of nitrogens with one attached hydrogen (secondary N) is 2. The Labute approximate surface area is 138 Å². The average Bonchev–Trinajstić information content (AvgIpc) is 2.55. The smallest absolute Gasteiger partial charge is 0.239 e. The van der Waals surface area contributed by atoms with Crippen LogP contribution >= 0.6 is 0 Å². The molecule has 2 N–H and O–H groups in total. The average molecular weight is 317 g/mol. The van der Waals surface area contributed by atoms with Crippen molar-refractivity contribution >= 4 is 23.2 Å². The number of benzene rings is 1. The normalized spacial score (nSPS) is 14.7. The predicted octanol–water partition coefficient (Wildman–Crippen LogP) is 2.78. The van der Waals surface area contributed by atoms with Crippen LogP contribution in [-0.4, -0.2) is 31.4 Å². The number of anilines is 2. The summed E-state index contributed by atoms with van der Waals surface area (Å²) >= 11 is 0. The minimum absolute atomic E-state index is 0.0206. The van der Waals surface area contributed by atoms with Gasteiger partial charge in [-0.1, -0.05) is 38.8 Å². The highest BCUT2D eigenvalue weighted by Gasteiger charge is 2.21. The zero-order chi connectivity index (χ0) is 16.7. The van der Waals surface area contributed by atoms with Gasteiger partial charge in [0.25, 0.3) is 0 Å². The van der Waals surface area contributed by atoms with Crippen molar-refractivity contribution in [2.75, 3.05) is 29.9 Å². The molecular weight excluding hydrogens is 290 g/mol. The Kier molecular flexibility index (Phi) is 6.44. The molecule has 5 nitrogen and oxygen atoms in total. The number of carbonyl (C=O) groups is 2.